The number of nitrogens with zero attached hydrogens (tertiary/aromatic N) is 1. The first-order valence-corrected chi connectivity index (χ1v) is 13.6. The molecule has 1 amide bonds. The molecule has 0 spiro atoms. The van der Waals surface area contributed by atoms with E-state index in [0.29, 0.717) is 0 Å². The molecule has 4 heteroatoms. The molecule has 34 heavy (non-hydrogen) atoms. The summed E-state index contributed by atoms with van der Waals surface area (Å²) in [4.78, 5) is 18.8. The van der Waals surface area contributed by atoms with E-state index in [4.69, 9.17) is 4.98 Å². The molecule has 2 aromatic carbocycles. The summed E-state index contributed by atoms with van der Waals surface area (Å²) in [5.41, 5.74) is 6.18. The van der Waals surface area contributed by atoms with E-state index < -0.39 is 0 Å². The van der Waals surface area contributed by atoms with Crippen LogP contribution in [-0.4, -0.2) is 16.9 Å². The summed E-state index contributed by atoms with van der Waals surface area (Å²) in [5.74, 6) is 2.65. The van der Waals surface area contributed by atoms with E-state index in [-0.39, 0.29) is 17.4 Å². The first-order valence-electron chi connectivity index (χ1n) is 12.8. The van der Waals surface area contributed by atoms with Crippen LogP contribution >= 0.6 is 15.9 Å². The number of rotatable bonds is 4. The minimum atomic E-state index is 0.0281. The molecule has 1 atom stereocenters. The average Bonchev–Trinajstić information content (AvgIpc) is 2.79. The maximum absolute atomic E-state index is 13.9. The molecule has 0 aliphatic heterocycles. The normalized spacial score (nSPS) is 28.3. The number of carbonyl (C=O) groups is 1. The molecule has 4 bridgehead atoms. The maximum Gasteiger partial charge on any atom is 0.252 e. The molecular formula is C30H33BrN2O. The van der Waals surface area contributed by atoms with Gasteiger partial charge >= 0.3 is 0 Å². The number of aromatic nitrogens is 1. The van der Waals surface area contributed by atoms with Crippen molar-refractivity contribution in [2.45, 2.75) is 65.3 Å². The molecule has 3 nitrogen and oxygen atoms in total. The number of fused-ring (bicyclic) bond motifs is 1. The predicted octanol–water partition coefficient (Wildman–Crippen LogP) is 7.62. The zero-order valence-corrected chi connectivity index (χ0v) is 21.9. The Morgan fingerprint density at radius 1 is 1.00 bits per heavy atom. The summed E-state index contributed by atoms with van der Waals surface area (Å²) >= 11 is 3.60. The molecule has 4 fully saturated rings. The molecule has 176 valence electrons. The Morgan fingerprint density at radius 2 is 1.68 bits per heavy atom. The highest BCUT2D eigenvalue weighted by Gasteiger charge is 2.53. The Balaban J connectivity index is 1.38. The lowest BCUT2D eigenvalue weighted by atomic mass is 9.48. The standard InChI is InChI=1S/C30H33BrN2O/c1-17-4-5-18(2)24(8-17)28-13-26(25-12-23(31)6-7-27(25)33-28)29(34)32-19(3)30-14-20-9-21(15-30)11-22(10-20)16-30/h4-8,12-13,19-22H,9-11,14-16H2,1-3H3,(H,32,34)/t19-,20?,21?,22?,30?/m1/s1. The van der Waals surface area contributed by atoms with Gasteiger partial charge in [-0.2, -0.15) is 0 Å². The van der Waals surface area contributed by atoms with Crippen LogP contribution in [0.3, 0.4) is 0 Å². The van der Waals surface area contributed by atoms with Crippen LogP contribution in [0.1, 0.15) is 66.9 Å². The molecule has 4 aliphatic carbocycles. The van der Waals surface area contributed by atoms with Crippen molar-refractivity contribution in [1.29, 1.82) is 0 Å². The minimum Gasteiger partial charge on any atom is -0.349 e. The Labute approximate surface area is 210 Å². The summed E-state index contributed by atoms with van der Waals surface area (Å²) in [6, 6.07) is 14.6. The fourth-order valence-corrected chi connectivity index (χ4v) is 8.03. The van der Waals surface area contributed by atoms with Gasteiger partial charge in [0.1, 0.15) is 0 Å². The van der Waals surface area contributed by atoms with Crippen molar-refractivity contribution in [2.24, 2.45) is 23.2 Å². The Morgan fingerprint density at radius 3 is 2.35 bits per heavy atom. The van der Waals surface area contributed by atoms with Gasteiger partial charge in [0, 0.05) is 21.5 Å². The van der Waals surface area contributed by atoms with Crippen molar-refractivity contribution in [1.82, 2.24) is 10.3 Å². The predicted molar refractivity (Wildman–Crippen MR) is 142 cm³/mol. The number of pyridine rings is 1. The summed E-state index contributed by atoms with van der Waals surface area (Å²) < 4.78 is 0.962. The van der Waals surface area contributed by atoms with Crippen LogP contribution in [0.15, 0.2) is 46.9 Å². The number of benzene rings is 2. The second-order valence-electron chi connectivity index (χ2n) is 11.5. The van der Waals surface area contributed by atoms with Gasteiger partial charge in [0.15, 0.2) is 0 Å². The smallest absolute Gasteiger partial charge is 0.252 e. The number of amides is 1. The lowest BCUT2D eigenvalue weighted by molar-refractivity contribution is -0.0687. The highest BCUT2D eigenvalue weighted by molar-refractivity contribution is 9.10. The third kappa shape index (κ3) is 3.79. The molecule has 0 unspecified atom stereocenters. The van der Waals surface area contributed by atoms with Gasteiger partial charge in [-0.05, 0) is 118 Å². The molecule has 4 aliphatic rings. The molecule has 3 aromatic rings. The number of hydrogen-bond donors (Lipinski definition) is 1. The topological polar surface area (TPSA) is 42.0 Å². The van der Waals surface area contributed by atoms with E-state index in [0.717, 1.165) is 50.0 Å². The van der Waals surface area contributed by atoms with Crippen LogP contribution in [0.2, 0.25) is 0 Å². The quantitative estimate of drug-likeness (QED) is 0.387. The molecule has 4 saturated carbocycles. The third-order valence-electron chi connectivity index (χ3n) is 9.04. The maximum atomic E-state index is 13.9. The van der Waals surface area contributed by atoms with Crippen molar-refractivity contribution in [3.8, 4) is 11.3 Å². The Kier molecular flexibility index (Phi) is 5.36. The van der Waals surface area contributed by atoms with Crippen molar-refractivity contribution in [3.63, 3.8) is 0 Å². The second kappa shape index (κ2) is 8.19. The number of hydrogen-bond acceptors (Lipinski definition) is 2. The minimum absolute atomic E-state index is 0.0281. The molecular weight excluding hydrogens is 484 g/mol. The first kappa shape index (κ1) is 22.3. The van der Waals surface area contributed by atoms with Crippen LogP contribution in [0.4, 0.5) is 0 Å². The van der Waals surface area contributed by atoms with E-state index in [1.165, 1.54) is 49.7 Å². The highest BCUT2D eigenvalue weighted by atomic mass is 79.9. The van der Waals surface area contributed by atoms with Gasteiger partial charge in [-0.1, -0.05) is 33.6 Å². The van der Waals surface area contributed by atoms with Crippen LogP contribution in [0.5, 0.6) is 0 Å². The number of aryl methyl sites for hydroxylation is 2. The fraction of sp³-hybridized carbons (Fsp3) is 0.467. The molecule has 0 saturated heterocycles. The van der Waals surface area contributed by atoms with E-state index in [1.54, 1.807) is 0 Å². The van der Waals surface area contributed by atoms with Gasteiger partial charge in [0.05, 0.1) is 16.8 Å². The number of carbonyl (C=O) groups excluding carboxylic acids is 1. The number of nitrogens with one attached hydrogen (secondary N) is 1. The molecule has 7 rings (SSSR count). The first-order chi connectivity index (χ1) is 16.3. The van der Waals surface area contributed by atoms with Crippen molar-refractivity contribution in [2.75, 3.05) is 0 Å². The van der Waals surface area contributed by atoms with Gasteiger partial charge in [-0.25, -0.2) is 4.98 Å². The van der Waals surface area contributed by atoms with Gasteiger partial charge in [0.2, 0.25) is 0 Å². The summed E-state index contributed by atoms with van der Waals surface area (Å²) in [5, 5.41) is 4.39. The average molecular weight is 518 g/mol. The van der Waals surface area contributed by atoms with Crippen LogP contribution in [-0.2, 0) is 0 Å². The van der Waals surface area contributed by atoms with Gasteiger partial charge in [0.25, 0.3) is 5.91 Å². The zero-order chi connectivity index (χ0) is 23.6. The van der Waals surface area contributed by atoms with Gasteiger partial charge in [-0.3, -0.25) is 4.79 Å². The van der Waals surface area contributed by atoms with Crippen LogP contribution < -0.4 is 5.32 Å². The van der Waals surface area contributed by atoms with Gasteiger partial charge in [-0.15, -0.1) is 0 Å². The second-order valence-corrected chi connectivity index (χ2v) is 12.4. The van der Waals surface area contributed by atoms with Crippen molar-refractivity contribution in [3.05, 3.63) is 63.6 Å². The lowest BCUT2D eigenvalue weighted by Crippen LogP contribution is -2.55. The van der Waals surface area contributed by atoms with Crippen LogP contribution in [0, 0.1) is 37.0 Å². The SMILES string of the molecule is Cc1ccc(C)c(-c2cc(C(=O)N[C@H](C)C34CC5CC(CC(C5)C3)C4)c3cc(Br)ccc3n2)c1. The highest BCUT2D eigenvalue weighted by Crippen LogP contribution is 2.61. The van der Waals surface area contributed by atoms with Crippen LogP contribution in [0.25, 0.3) is 22.2 Å². The van der Waals surface area contributed by atoms with E-state index in [2.05, 4.69) is 60.2 Å². The Bertz CT molecular complexity index is 1260. The number of halogens is 1. The van der Waals surface area contributed by atoms with E-state index in [9.17, 15) is 4.79 Å². The largest absolute Gasteiger partial charge is 0.349 e. The molecule has 1 heterocycles. The van der Waals surface area contributed by atoms with Gasteiger partial charge < -0.3 is 5.32 Å². The molecule has 0 radical (unpaired) electrons. The zero-order valence-electron chi connectivity index (χ0n) is 20.3. The summed E-state index contributed by atoms with van der Waals surface area (Å²) in [6.07, 6.45) is 8.12. The lowest BCUT2D eigenvalue weighted by Gasteiger charge is -2.59. The fourth-order valence-electron chi connectivity index (χ4n) is 7.67. The molecule has 1 N–H and O–H groups in total. The van der Waals surface area contributed by atoms with Crippen molar-refractivity contribution >= 4 is 32.7 Å². The monoisotopic (exact) mass is 516 g/mol. The summed E-state index contributed by atoms with van der Waals surface area (Å²) in [6.45, 7) is 6.47. The van der Waals surface area contributed by atoms with Crippen molar-refractivity contribution < 1.29 is 4.79 Å². The van der Waals surface area contributed by atoms with E-state index in [1.807, 2.05) is 24.3 Å². The Hall–Kier alpha value is -2.20. The summed E-state index contributed by atoms with van der Waals surface area (Å²) in [7, 11) is 0. The third-order valence-corrected chi connectivity index (χ3v) is 9.53. The molecule has 1 aromatic heterocycles. The van der Waals surface area contributed by atoms with E-state index >= 15 is 0 Å².